The molecule has 4 nitrogen and oxygen atoms in total. The molecule has 1 N–H and O–H groups in total. The fourth-order valence-electron chi connectivity index (χ4n) is 2.44. The van der Waals surface area contributed by atoms with Gasteiger partial charge in [0, 0.05) is 12.8 Å². The van der Waals surface area contributed by atoms with Crippen LogP contribution in [0.2, 0.25) is 0 Å². The van der Waals surface area contributed by atoms with Gasteiger partial charge in [-0.25, -0.2) is 4.98 Å². The van der Waals surface area contributed by atoms with Crippen molar-refractivity contribution in [2.75, 3.05) is 11.9 Å². The van der Waals surface area contributed by atoms with Gasteiger partial charge < -0.3 is 10.1 Å². The Kier molecular flexibility index (Phi) is 2.69. The molecular weight excluding hydrogens is 214 g/mol. The van der Waals surface area contributed by atoms with Crippen LogP contribution in [0.15, 0.2) is 18.3 Å². The molecule has 0 radical (unpaired) electrons. The van der Waals surface area contributed by atoms with Gasteiger partial charge in [0.1, 0.15) is 11.9 Å². The molecule has 1 aromatic rings. The van der Waals surface area contributed by atoms with E-state index in [1.54, 1.807) is 18.3 Å². The van der Waals surface area contributed by atoms with Crippen LogP contribution in [0.3, 0.4) is 0 Å². The number of rotatable bonds is 3. The van der Waals surface area contributed by atoms with Crippen molar-refractivity contribution in [3.63, 3.8) is 0 Å². The van der Waals surface area contributed by atoms with E-state index in [1.165, 1.54) is 12.8 Å². The predicted molar refractivity (Wildman–Crippen MR) is 63.4 cm³/mol. The molecule has 2 aliphatic rings. The second-order valence-corrected chi connectivity index (χ2v) is 4.72. The van der Waals surface area contributed by atoms with Crippen LogP contribution in [-0.2, 0) is 4.74 Å². The Morgan fingerprint density at radius 1 is 1.41 bits per heavy atom. The number of aromatic nitrogens is 1. The molecule has 1 saturated heterocycles. The van der Waals surface area contributed by atoms with E-state index < -0.39 is 0 Å². The van der Waals surface area contributed by atoms with E-state index in [1.807, 2.05) is 0 Å². The SMILES string of the molecule is N#Cc1cccnc1NC1CCOC1C1CC1. The van der Waals surface area contributed by atoms with Crippen LogP contribution in [-0.4, -0.2) is 23.7 Å². The molecule has 2 heterocycles. The number of anilines is 1. The zero-order chi connectivity index (χ0) is 11.7. The van der Waals surface area contributed by atoms with Gasteiger partial charge in [0.25, 0.3) is 0 Å². The van der Waals surface area contributed by atoms with Gasteiger partial charge in [-0.1, -0.05) is 0 Å². The maximum atomic E-state index is 9.02. The molecule has 1 saturated carbocycles. The van der Waals surface area contributed by atoms with Crippen LogP contribution in [0, 0.1) is 17.2 Å². The van der Waals surface area contributed by atoms with Crippen LogP contribution >= 0.6 is 0 Å². The van der Waals surface area contributed by atoms with E-state index in [0.717, 1.165) is 13.0 Å². The Bertz CT molecular complexity index is 450. The number of hydrogen-bond acceptors (Lipinski definition) is 4. The minimum atomic E-state index is 0.309. The maximum absolute atomic E-state index is 9.02. The zero-order valence-corrected chi connectivity index (χ0v) is 9.60. The molecule has 0 bridgehead atoms. The highest BCUT2D eigenvalue weighted by atomic mass is 16.5. The molecular formula is C13H15N3O. The molecule has 1 aliphatic carbocycles. The first-order valence-corrected chi connectivity index (χ1v) is 6.12. The summed E-state index contributed by atoms with van der Waals surface area (Å²) in [6, 6.07) is 6.05. The van der Waals surface area contributed by atoms with Crippen molar-refractivity contribution in [2.45, 2.75) is 31.4 Å². The van der Waals surface area contributed by atoms with Crippen LogP contribution in [0.1, 0.15) is 24.8 Å². The molecule has 3 rings (SSSR count). The number of nitriles is 1. The Hall–Kier alpha value is -1.60. The lowest BCUT2D eigenvalue weighted by atomic mass is 10.1. The number of pyridine rings is 1. The average Bonchev–Trinajstić information content (AvgIpc) is 3.11. The van der Waals surface area contributed by atoms with Crippen LogP contribution in [0.25, 0.3) is 0 Å². The number of nitrogens with one attached hydrogen (secondary N) is 1. The van der Waals surface area contributed by atoms with Gasteiger partial charge in [0.05, 0.1) is 17.7 Å². The van der Waals surface area contributed by atoms with Crippen LogP contribution in [0.5, 0.6) is 0 Å². The highest BCUT2D eigenvalue weighted by Crippen LogP contribution is 2.39. The lowest BCUT2D eigenvalue weighted by Gasteiger charge is -2.20. The normalized spacial score (nSPS) is 27.7. The lowest BCUT2D eigenvalue weighted by molar-refractivity contribution is 0.0898. The maximum Gasteiger partial charge on any atom is 0.144 e. The fraction of sp³-hybridized carbons (Fsp3) is 0.538. The molecule has 88 valence electrons. The number of ether oxygens (including phenoxy) is 1. The van der Waals surface area contributed by atoms with Crippen molar-refractivity contribution in [3.8, 4) is 6.07 Å². The summed E-state index contributed by atoms with van der Waals surface area (Å²) in [6.07, 6.45) is 5.57. The third-order valence-electron chi connectivity index (χ3n) is 3.47. The lowest BCUT2D eigenvalue weighted by Crippen LogP contribution is -2.31. The second-order valence-electron chi connectivity index (χ2n) is 4.72. The Labute approximate surface area is 101 Å². The van der Waals surface area contributed by atoms with E-state index in [9.17, 15) is 0 Å². The van der Waals surface area contributed by atoms with Crippen LogP contribution in [0.4, 0.5) is 5.82 Å². The molecule has 2 atom stereocenters. The van der Waals surface area contributed by atoms with Gasteiger partial charge >= 0.3 is 0 Å². The van der Waals surface area contributed by atoms with Gasteiger partial charge in [0.15, 0.2) is 0 Å². The third kappa shape index (κ3) is 2.11. The first-order valence-electron chi connectivity index (χ1n) is 6.12. The standard InChI is InChI=1S/C13H15N3O/c14-8-10-2-1-6-15-13(10)16-11-5-7-17-12(11)9-3-4-9/h1-2,6,9,11-12H,3-5,7H2,(H,15,16). The summed E-state index contributed by atoms with van der Waals surface area (Å²) in [4.78, 5) is 4.24. The molecule has 1 aliphatic heterocycles. The molecule has 2 unspecified atom stereocenters. The Balaban J connectivity index is 1.75. The molecule has 0 spiro atoms. The zero-order valence-electron chi connectivity index (χ0n) is 9.60. The number of nitrogens with zero attached hydrogens (tertiary/aromatic N) is 2. The molecule has 2 fully saturated rings. The molecule has 0 aromatic carbocycles. The first kappa shape index (κ1) is 10.5. The average molecular weight is 229 g/mol. The van der Waals surface area contributed by atoms with Crippen molar-refractivity contribution >= 4 is 5.82 Å². The van der Waals surface area contributed by atoms with Crippen molar-refractivity contribution in [1.82, 2.24) is 4.98 Å². The summed E-state index contributed by atoms with van der Waals surface area (Å²) in [5.74, 6) is 1.40. The smallest absolute Gasteiger partial charge is 0.144 e. The van der Waals surface area contributed by atoms with Gasteiger partial charge in [-0.2, -0.15) is 5.26 Å². The van der Waals surface area contributed by atoms with Crippen molar-refractivity contribution in [1.29, 1.82) is 5.26 Å². The van der Waals surface area contributed by atoms with Gasteiger partial charge in [0.2, 0.25) is 0 Å². The summed E-state index contributed by atoms with van der Waals surface area (Å²) < 4.78 is 5.76. The number of hydrogen-bond donors (Lipinski definition) is 1. The molecule has 17 heavy (non-hydrogen) atoms. The van der Waals surface area contributed by atoms with E-state index in [0.29, 0.717) is 29.4 Å². The van der Waals surface area contributed by atoms with E-state index in [2.05, 4.69) is 16.4 Å². The minimum Gasteiger partial charge on any atom is -0.376 e. The summed E-state index contributed by atoms with van der Waals surface area (Å²) in [7, 11) is 0. The third-order valence-corrected chi connectivity index (χ3v) is 3.47. The molecule has 4 heteroatoms. The molecule has 0 amide bonds. The van der Waals surface area contributed by atoms with Crippen molar-refractivity contribution in [2.24, 2.45) is 5.92 Å². The van der Waals surface area contributed by atoms with Crippen molar-refractivity contribution in [3.05, 3.63) is 23.9 Å². The topological polar surface area (TPSA) is 57.9 Å². The van der Waals surface area contributed by atoms with E-state index in [4.69, 9.17) is 10.00 Å². The Morgan fingerprint density at radius 2 is 2.29 bits per heavy atom. The quantitative estimate of drug-likeness (QED) is 0.860. The van der Waals surface area contributed by atoms with Crippen molar-refractivity contribution < 1.29 is 4.74 Å². The van der Waals surface area contributed by atoms with Gasteiger partial charge in [-0.05, 0) is 37.3 Å². The minimum absolute atomic E-state index is 0.309. The second kappa shape index (κ2) is 4.34. The predicted octanol–water partition coefficient (Wildman–Crippen LogP) is 1.93. The highest BCUT2D eigenvalue weighted by Gasteiger charge is 2.40. The summed E-state index contributed by atoms with van der Waals surface area (Å²) in [5, 5.41) is 12.4. The van der Waals surface area contributed by atoms with Gasteiger partial charge in [-0.3, -0.25) is 0 Å². The largest absolute Gasteiger partial charge is 0.376 e. The van der Waals surface area contributed by atoms with Gasteiger partial charge in [-0.15, -0.1) is 0 Å². The first-order chi connectivity index (χ1) is 8.38. The monoisotopic (exact) mass is 229 g/mol. The van der Waals surface area contributed by atoms with E-state index >= 15 is 0 Å². The summed E-state index contributed by atoms with van der Waals surface area (Å²) >= 11 is 0. The Morgan fingerprint density at radius 3 is 3.06 bits per heavy atom. The highest BCUT2D eigenvalue weighted by molar-refractivity contribution is 5.52. The summed E-state index contributed by atoms with van der Waals surface area (Å²) in [6.45, 7) is 0.813. The summed E-state index contributed by atoms with van der Waals surface area (Å²) in [5.41, 5.74) is 0.606. The van der Waals surface area contributed by atoms with Crippen LogP contribution < -0.4 is 5.32 Å². The molecule has 1 aromatic heterocycles. The van der Waals surface area contributed by atoms with E-state index in [-0.39, 0.29) is 0 Å². The fourth-order valence-corrected chi connectivity index (χ4v) is 2.44.